The van der Waals surface area contributed by atoms with Crippen LogP contribution in [-0.2, 0) is 0 Å². The lowest BCUT2D eigenvalue weighted by Crippen LogP contribution is -2.51. The minimum atomic E-state index is 0.797. The zero-order chi connectivity index (χ0) is 11.5. The Balaban J connectivity index is 2.07. The highest BCUT2D eigenvalue weighted by Crippen LogP contribution is 2.26. The first-order valence-corrected chi connectivity index (χ1v) is 6.77. The Bertz CT molecular complexity index is 197. The van der Waals surface area contributed by atoms with Crippen molar-refractivity contribution < 1.29 is 0 Å². The first kappa shape index (κ1) is 12.3. The van der Waals surface area contributed by atoms with Gasteiger partial charge in [-0.3, -0.25) is 0 Å². The molecule has 0 bridgehead atoms. The van der Waals surface area contributed by atoms with Crippen molar-refractivity contribution in [2.24, 2.45) is 0 Å². The van der Waals surface area contributed by atoms with Gasteiger partial charge < -0.3 is 14.7 Å². The van der Waals surface area contributed by atoms with Crippen LogP contribution >= 0.6 is 0 Å². The van der Waals surface area contributed by atoms with E-state index in [-0.39, 0.29) is 0 Å². The van der Waals surface area contributed by atoms with E-state index in [2.05, 4.69) is 35.8 Å². The van der Waals surface area contributed by atoms with Crippen LogP contribution in [0.25, 0.3) is 0 Å². The second-order valence-corrected chi connectivity index (χ2v) is 5.68. The van der Waals surface area contributed by atoms with Crippen LogP contribution in [0.5, 0.6) is 0 Å². The maximum atomic E-state index is 2.60. The molecule has 3 heteroatoms. The van der Waals surface area contributed by atoms with Gasteiger partial charge in [-0.05, 0) is 34.0 Å². The highest BCUT2D eigenvalue weighted by atomic mass is 15.3. The minimum Gasteiger partial charge on any atom is -0.304 e. The van der Waals surface area contributed by atoms with Crippen molar-refractivity contribution in [3.63, 3.8) is 0 Å². The third kappa shape index (κ3) is 2.76. The van der Waals surface area contributed by atoms with Crippen molar-refractivity contribution >= 4 is 0 Å². The molecule has 94 valence electrons. The van der Waals surface area contributed by atoms with Crippen LogP contribution in [0.3, 0.4) is 0 Å². The molecule has 1 saturated heterocycles. The number of hydrogen-bond acceptors (Lipinski definition) is 3. The van der Waals surface area contributed by atoms with Crippen molar-refractivity contribution in [2.75, 3.05) is 47.3 Å². The second-order valence-electron chi connectivity index (χ2n) is 5.68. The number of hydrogen-bond donors (Lipinski definition) is 0. The Hall–Kier alpha value is -0.120. The van der Waals surface area contributed by atoms with Gasteiger partial charge in [-0.2, -0.15) is 0 Å². The third-order valence-electron chi connectivity index (χ3n) is 4.50. The SMILES string of the molecule is CN1CCN(C)C2CCCC[C@H]2N(C)CC1. The van der Waals surface area contributed by atoms with Gasteiger partial charge in [-0.1, -0.05) is 12.8 Å². The van der Waals surface area contributed by atoms with Gasteiger partial charge in [0.2, 0.25) is 0 Å². The lowest BCUT2D eigenvalue weighted by molar-refractivity contribution is 0.0869. The predicted octanol–water partition coefficient (Wildman–Crippen LogP) is 1.11. The fraction of sp³-hybridized carbons (Fsp3) is 1.00. The normalized spacial score (nSPS) is 36.2. The summed E-state index contributed by atoms with van der Waals surface area (Å²) in [6.45, 7) is 4.89. The molecule has 0 amide bonds. The smallest absolute Gasteiger partial charge is 0.0248 e. The Morgan fingerprint density at radius 1 is 0.688 bits per heavy atom. The quantitative estimate of drug-likeness (QED) is 0.611. The number of nitrogens with zero attached hydrogens (tertiary/aromatic N) is 3. The molecule has 1 heterocycles. The van der Waals surface area contributed by atoms with Crippen molar-refractivity contribution in [1.29, 1.82) is 0 Å². The molecule has 2 rings (SSSR count). The Labute approximate surface area is 100 Å². The molecule has 16 heavy (non-hydrogen) atoms. The lowest BCUT2D eigenvalue weighted by Gasteiger charge is -2.41. The number of likely N-dealkylation sites (N-methyl/N-ethyl adjacent to an activating group) is 3. The molecule has 2 fully saturated rings. The van der Waals surface area contributed by atoms with Crippen LogP contribution in [-0.4, -0.2) is 74.1 Å². The van der Waals surface area contributed by atoms with E-state index in [0.717, 1.165) is 12.1 Å². The topological polar surface area (TPSA) is 9.72 Å². The summed E-state index contributed by atoms with van der Waals surface area (Å²) in [5.41, 5.74) is 0. The summed E-state index contributed by atoms with van der Waals surface area (Å²) in [6.07, 6.45) is 5.65. The highest BCUT2D eigenvalue weighted by Gasteiger charge is 2.31. The Kier molecular flexibility index (Phi) is 4.22. The molecule has 1 aliphatic carbocycles. The summed E-state index contributed by atoms with van der Waals surface area (Å²) in [4.78, 5) is 7.66. The van der Waals surface area contributed by atoms with Gasteiger partial charge in [0, 0.05) is 38.3 Å². The minimum absolute atomic E-state index is 0.797. The average molecular weight is 225 g/mol. The largest absolute Gasteiger partial charge is 0.304 e. The molecule has 3 nitrogen and oxygen atoms in total. The molecule has 1 unspecified atom stereocenters. The van der Waals surface area contributed by atoms with Crippen molar-refractivity contribution in [3.05, 3.63) is 0 Å². The first-order chi connectivity index (χ1) is 7.68. The summed E-state index contributed by atoms with van der Waals surface area (Å²) in [7, 11) is 6.88. The second kappa shape index (κ2) is 5.48. The molecule has 2 atom stereocenters. The summed E-state index contributed by atoms with van der Waals surface area (Å²) < 4.78 is 0. The molecular weight excluding hydrogens is 198 g/mol. The van der Waals surface area contributed by atoms with E-state index >= 15 is 0 Å². The zero-order valence-corrected chi connectivity index (χ0v) is 11.2. The molecule has 0 aromatic carbocycles. The van der Waals surface area contributed by atoms with E-state index in [9.17, 15) is 0 Å². The van der Waals surface area contributed by atoms with Crippen LogP contribution in [0, 0.1) is 0 Å². The van der Waals surface area contributed by atoms with Gasteiger partial charge in [0.15, 0.2) is 0 Å². The van der Waals surface area contributed by atoms with Crippen LogP contribution in [0.4, 0.5) is 0 Å². The standard InChI is InChI=1S/C13H27N3/c1-14-8-10-15(2)12-6-4-5-7-13(12)16(3)11-9-14/h12-13H,4-11H2,1-3H3/t12-,13?/m1/s1. The number of rotatable bonds is 0. The fourth-order valence-corrected chi connectivity index (χ4v) is 3.22. The van der Waals surface area contributed by atoms with E-state index in [1.807, 2.05) is 0 Å². The summed E-state index contributed by atoms with van der Waals surface area (Å²) in [5.74, 6) is 0. The van der Waals surface area contributed by atoms with E-state index in [1.165, 1.54) is 51.9 Å². The molecule has 0 spiro atoms. The van der Waals surface area contributed by atoms with Crippen LogP contribution in [0.2, 0.25) is 0 Å². The third-order valence-corrected chi connectivity index (χ3v) is 4.50. The van der Waals surface area contributed by atoms with Gasteiger partial charge >= 0.3 is 0 Å². The lowest BCUT2D eigenvalue weighted by atomic mass is 9.88. The molecule has 0 aromatic rings. The summed E-state index contributed by atoms with van der Waals surface area (Å²) in [5, 5.41) is 0. The fourth-order valence-electron chi connectivity index (χ4n) is 3.22. The van der Waals surface area contributed by atoms with Crippen molar-refractivity contribution in [1.82, 2.24) is 14.7 Å². The van der Waals surface area contributed by atoms with Gasteiger partial charge in [0.05, 0.1) is 0 Å². The molecule has 0 radical (unpaired) electrons. The van der Waals surface area contributed by atoms with Gasteiger partial charge in [-0.15, -0.1) is 0 Å². The monoisotopic (exact) mass is 225 g/mol. The molecule has 2 aliphatic rings. The molecular formula is C13H27N3. The first-order valence-electron chi connectivity index (χ1n) is 6.77. The van der Waals surface area contributed by atoms with Crippen LogP contribution in [0.1, 0.15) is 25.7 Å². The van der Waals surface area contributed by atoms with Gasteiger partial charge in [-0.25, -0.2) is 0 Å². The number of fused-ring (bicyclic) bond motifs is 1. The summed E-state index contributed by atoms with van der Waals surface area (Å²) in [6, 6.07) is 1.59. The van der Waals surface area contributed by atoms with E-state index < -0.39 is 0 Å². The molecule has 0 aromatic heterocycles. The maximum absolute atomic E-state index is 2.60. The van der Waals surface area contributed by atoms with Gasteiger partial charge in [0.1, 0.15) is 0 Å². The van der Waals surface area contributed by atoms with E-state index in [0.29, 0.717) is 0 Å². The van der Waals surface area contributed by atoms with Crippen molar-refractivity contribution in [3.8, 4) is 0 Å². The summed E-state index contributed by atoms with van der Waals surface area (Å²) >= 11 is 0. The van der Waals surface area contributed by atoms with Crippen LogP contribution < -0.4 is 0 Å². The maximum Gasteiger partial charge on any atom is 0.0248 e. The average Bonchev–Trinajstić information content (AvgIpc) is 2.36. The zero-order valence-electron chi connectivity index (χ0n) is 11.2. The highest BCUT2D eigenvalue weighted by molar-refractivity contribution is 4.89. The van der Waals surface area contributed by atoms with E-state index in [1.54, 1.807) is 0 Å². The molecule has 0 N–H and O–H groups in total. The van der Waals surface area contributed by atoms with Gasteiger partial charge in [0.25, 0.3) is 0 Å². The Morgan fingerprint density at radius 2 is 1.12 bits per heavy atom. The predicted molar refractivity (Wildman–Crippen MR) is 68.8 cm³/mol. The molecule has 1 aliphatic heterocycles. The van der Waals surface area contributed by atoms with Crippen LogP contribution in [0.15, 0.2) is 0 Å². The van der Waals surface area contributed by atoms with E-state index in [4.69, 9.17) is 0 Å². The molecule has 1 saturated carbocycles. The van der Waals surface area contributed by atoms with Crippen molar-refractivity contribution in [2.45, 2.75) is 37.8 Å². The Morgan fingerprint density at radius 3 is 1.56 bits per heavy atom.